The van der Waals surface area contributed by atoms with Crippen LogP contribution in [-0.2, 0) is 23.9 Å². The van der Waals surface area contributed by atoms with E-state index in [1.54, 1.807) is 0 Å². The molecule has 5 nitrogen and oxygen atoms in total. The average molecular weight is 509 g/mol. The van der Waals surface area contributed by atoms with Crippen molar-refractivity contribution in [2.24, 2.45) is 28.6 Å². The van der Waals surface area contributed by atoms with Gasteiger partial charge < -0.3 is 4.74 Å². The molecule has 0 amide bonds. The van der Waals surface area contributed by atoms with Gasteiger partial charge in [0.25, 0.3) is 0 Å². The van der Waals surface area contributed by atoms with Crippen molar-refractivity contribution < 1.29 is 23.9 Å². The Morgan fingerprint density at radius 1 is 0.946 bits per heavy atom. The number of aldehydes is 1. The Labute approximate surface area is 222 Å². The highest BCUT2D eigenvalue weighted by Gasteiger charge is 2.72. The van der Waals surface area contributed by atoms with Crippen molar-refractivity contribution in [2.75, 3.05) is 0 Å². The van der Waals surface area contributed by atoms with Gasteiger partial charge in [-0.25, -0.2) is 0 Å². The molecule has 202 valence electrons. The predicted octanol–water partition coefficient (Wildman–Crippen LogP) is 6.67. The molecule has 2 bridgehead atoms. The fourth-order valence-electron chi connectivity index (χ4n) is 6.75. The third-order valence-electron chi connectivity index (χ3n) is 8.79. The number of carbonyl (C=O) groups is 4. The second kappa shape index (κ2) is 10.3. The molecule has 2 fully saturated rings. The van der Waals surface area contributed by atoms with Gasteiger partial charge in [-0.05, 0) is 95.6 Å². The molecule has 0 N–H and O–H groups in total. The van der Waals surface area contributed by atoms with E-state index in [9.17, 15) is 19.2 Å². The maximum absolute atomic E-state index is 14.8. The number of hydrogen-bond donors (Lipinski definition) is 0. The third-order valence-corrected chi connectivity index (χ3v) is 8.79. The van der Waals surface area contributed by atoms with Crippen LogP contribution < -0.4 is 0 Å². The van der Waals surface area contributed by atoms with Crippen molar-refractivity contribution in [3.63, 3.8) is 0 Å². The van der Waals surface area contributed by atoms with Gasteiger partial charge in [-0.3, -0.25) is 19.2 Å². The van der Waals surface area contributed by atoms with Crippen molar-refractivity contribution in [3.05, 3.63) is 46.1 Å². The summed E-state index contributed by atoms with van der Waals surface area (Å²) in [4.78, 5) is 55.4. The molecular weight excluding hydrogens is 464 g/mol. The zero-order valence-corrected chi connectivity index (χ0v) is 24.1. The number of rotatable bonds is 8. The molecule has 0 radical (unpaired) electrons. The number of ether oxygens (including phenoxy) is 1. The normalized spacial score (nSPS) is 33.0. The lowest BCUT2D eigenvalue weighted by atomic mass is 9.54. The van der Waals surface area contributed by atoms with Crippen LogP contribution in [0.2, 0.25) is 0 Å². The van der Waals surface area contributed by atoms with Crippen LogP contribution in [0.5, 0.6) is 0 Å². The second-order valence-corrected chi connectivity index (χ2v) is 12.8. The summed E-state index contributed by atoms with van der Waals surface area (Å²) in [6.07, 6.45) is 8.40. The molecule has 1 saturated carbocycles. The minimum atomic E-state index is -1.87. The van der Waals surface area contributed by atoms with E-state index in [1.165, 1.54) is 0 Å². The van der Waals surface area contributed by atoms with Crippen molar-refractivity contribution in [3.8, 4) is 0 Å². The van der Waals surface area contributed by atoms with Gasteiger partial charge in [-0.2, -0.15) is 0 Å². The molecule has 3 aliphatic rings. The van der Waals surface area contributed by atoms with Gasteiger partial charge in [0.2, 0.25) is 11.4 Å². The summed E-state index contributed by atoms with van der Waals surface area (Å²) >= 11 is 0. The van der Waals surface area contributed by atoms with Crippen LogP contribution in [0.25, 0.3) is 0 Å². The first kappa shape index (κ1) is 29.0. The van der Waals surface area contributed by atoms with Gasteiger partial charge in [-0.15, -0.1) is 0 Å². The fourth-order valence-corrected chi connectivity index (χ4v) is 6.75. The van der Waals surface area contributed by atoms with E-state index in [2.05, 4.69) is 13.0 Å². The molecule has 0 aromatic carbocycles. The van der Waals surface area contributed by atoms with Gasteiger partial charge in [0.05, 0.1) is 5.92 Å². The standard InChI is InChI=1S/C32H44O5/c1-19(2)10-11-24-17-31(14-12-20(3)4)28(35)32(37-29(31)36,15-13-21(5)6)27(34)26-25(22(7)8)23(18-33)16-30(24,26)9/h10,12-13,18,22,24,26H,11,14-17H2,1-9H3. The van der Waals surface area contributed by atoms with Crippen molar-refractivity contribution in [1.82, 2.24) is 0 Å². The Morgan fingerprint density at radius 3 is 2.03 bits per heavy atom. The van der Waals surface area contributed by atoms with Crippen LogP contribution in [-0.4, -0.2) is 29.4 Å². The van der Waals surface area contributed by atoms with Crippen LogP contribution in [0.3, 0.4) is 0 Å². The predicted molar refractivity (Wildman–Crippen MR) is 146 cm³/mol. The van der Waals surface area contributed by atoms with E-state index in [0.717, 1.165) is 28.6 Å². The maximum Gasteiger partial charge on any atom is 0.321 e. The van der Waals surface area contributed by atoms with Crippen molar-refractivity contribution in [2.45, 2.75) is 100 Å². The number of fused-ring (bicyclic) bond motifs is 3. The minimum Gasteiger partial charge on any atom is -0.442 e. The van der Waals surface area contributed by atoms with E-state index >= 15 is 0 Å². The topological polar surface area (TPSA) is 77.5 Å². The molecule has 0 aromatic heterocycles. The lowest BCUT2D eigenvalue weighted by Crippen LogP contribution is -2.57. The number of carbonyl (C=O) groups excluding carboxylic acids is 4. The van der Waals surface area contributed by atoms with Crippen LogP contribution in [0.4, 0.5) is 0 Å². The van der Waals surface area contributed by atoms with E-state index in [0.29, 0.717) is 24.8 Å². The Kier molecular flexibility index (Phi) is 8.08. The molecule has 37 heavy (non-hydrogen) atoms. The first-order chi connectivity index (χ1) is 17.2. The van der Waals surface area contributed by atoms with Gasteiger partial charge in [0.1, 0.15) is 11.7 Å². The van der Waals surface area contributed by atoms with E-state index in [4.69, 9.17) is 4.74 Å². The summed E-state index contributed by atoms with van der Waals surface area (Å²) < 4.78 is 6.03. The summed E-state index contributed by atoms with van der Waals surface area (Å²) in [6.45, 7) is 17.8. The zero-order valence-electron chi connectivity index (χ0n) is 24.1. The quantitative estimate of drug-likeness (QED) is 0.158. The molecule has 5 unspecified atom stereocenters. The Bertz CT molecular complexity index is 1120. The summed E-state index contributed by atoms with van der Waals surface area (Å²) in [7, 11) is 0. The monoisotopic (exact) mass is 508 g/mol. The van der Waals surface area contributed by atoms with Crippen LogP contribution in [0.1, 0.15) is 94.4 Å². The molecule has 1 saturated heterocycles. The average Bonchev–Trinajstić information content (AvgIpc) is 3.23. The summed E-state index contributed by atoms with van der Waals surface area (Å²) in [5.41, 5.74) is 0.644. The Hall–Kier alpha value is -2.56. The highest BCUT2D eigenvalue weighted by atomic mass is 16.6. The van der Waals surface area contributed by atoms with Crippen LogP contribution in [0, 0.1) is 28.6 Å². The van der Waals surface area contributed by atoms with E-state index < -0.39 is 34.1 Å². The summed E-state index contributed by atoms with van der Waals surface area (Å²) in [6, 6.07) is 0. The first-order valence-corrected chi connectivity index (χ1v) is 13.6. The largest absolute Gasteiger partial charge is 0.442 e. The highest BCUT2D eigenvalue weighted by Crippen LogP contribution is 2.62. The first-order valence-electron chi connectivity index (χ1n) is 13.6. The van der Waals surface area contributed by atoms with Crippen molar-refractivity contribution >= 4 is 23.8 Å². The van der Waals surface area contributed by atoms with Crippen LogP contribution >= 0.6 is 0 Å². The molecule has 1 aliphatic heterocycles. The van der Waals surface area contributed by atoms with Gasteiger partial charge >= 0.3 is 5.97 Å². The Morgan fingerprint density at radius 2 is 1.51 bits per heavy atom. The number of ketones is 2. The van der Waals surface area contributed by atoms with Crippen molar-refractivity contribution in [1.29, 1.82) is 0 Å². The summed E-state index contributed by atoms with van der Waals surface area (Å²) in [5.74, 6) is -2.22. The SMILES string of the molecule is CC(C)=CCC1CC2(CC=C(C)C)C(=O)OC(CC=C(C)C)(C(=O)C3C(C(C)C)=C(C=O)CC13C)C2=O. The summed E-state index contributed by atoms with van der Waals surface area (Å²) in [5, 5.41) is 0. The molecule has 2 aliphatic carbocycles. The van der Waals surface area contributed by atoms with Crippen LogP contribution in [0.15, 0.2) is 46.1 Å². The van der Waals surface area contributed by atoms with Gasteiger partial charge in [0.15, 0.2) is 5.78 Å². The number of hydrogen-bond acceptors (Lipinski definition) is 5. The fraction of sp³-hybridized carbons (Fsp3) is 0.625. The minimum absolute atomic E-state index is 0.0301. The maximum atomic E-state index is 14.8. The molecule has 0 spiro atoms. The molecule has 0 aromatic rings. The van der Waals surface area contributed by atoms with E-state index in [1.807, 2.05) is 67.5 Å². The molecule has 1 heterocycles. The third kappa shape index (κ3) is 4.75. The lowest BCUT2D eigenvalue weighted by Gasteiger charge is -2.46. The van der Waals surface area contributed by atoms with Gasteiger partial charge in [0, 0.05) is 6.42 Å². The highest BCUT2D eigenvalue weighted by molar-refractivity contribution is 6.25. The number of esters is 1. The van der Waals surface area contributed by atoms with E-state index in [-0.39, 0.29) is 30.5 Å². The smallest absolute Gasteiger partial charge is 0.321 e. The number of allylic oxidation sites excluding steroid dienone is 7. The van der Waals surface area contributed by atoms with Gasteiger partial charge in [-0.1, -0.05) is 55.7 Å². The molecule has 5 heteroatoms. The molecule has 5 atom stereocenters. The second-order valence-electron chi connectivity index (χ2n) is 12.8. The molecular formula is C32H44O5. The molecule has 3 rings (SSSR count). The zero-order chi connectivity index (χ0) is 27.9. The lowest BCUT2D eigenvalue weighted by molar-refractivity contribution is -0.163. The Balaban J connectivity index is 2.37. The number of Topliss-reactive ketones (excluding diaryl/α,β-unsaturated/α-hetero) is 2.